The van der Waals surface area contributed by atoms with E-state index < -0.39 is 0 Å². The lowest BCUT2D eigenvalue weighted by Gasteiger charge is -2.34. The van der Waals surface area contributed by atoms with Gasteiger partial charge in [0.15, 0.2) is 11.5 Å². The molecule has 3 heterocycles. The van der Waals surface area contributed by atoms with Crippen LogP contribution < -0.4 is 9.47 Å². The number of piperidine rings is 1. The fourth-order valence-electron chi connectivity index (χ4n) is 4.25. The van der Waals surface area contributed by atoms with E-state index in [0.29, 0.717) is 5.41 Å². The zero-order chi connectivity index (χ0) is 16.6. The second-order valence-corrected chi connectivity index (χ2v) is 6.91. The number of ether oxygens (including phenoxy) is 2. The molecular weight excluding hydrogens is 300 g/mol. The average molecular weight is 324 g/mol. The third-order valence-corrected chi connectivity index (χ3v) is 5.62. The first kappa shape index (κ1) is 15.5. The molecule has 2 unspecified atom stereocenters. The molecule has 2 bridgehead atoms. The van der Waals surface area contributed by atoms with Gasteiger partial charge in [-0.15, -0.1) is 0 Å². The quantitative estimate of drug-likeness (QED) is 0.862. The Morgan fingerprint density at radius 2 is 1.88 bits per heavy atom. The van der Waals surface area contributed by atoms with Crippen LogP contribution in [0.5, 0.6) is 11.5 Å². The molecular formula is C20H24N2O2. The van der Waals surface area contributed by atoms with Crippen molar-refractivity contribution in [2.45, 2.75) is 24.7 Å². The molecule has 2 aliphatic rings. The fourth-order valence-corrected chi connectivity index (χ4v) is 4.25. The van der Waals surface area contributed by atoms with E-state index in [1.165, 1.54) is 44.5 Å². The van der Waals surface area contributed by atoms with Crippen LogP contribution in [0.4, 0.5) is 0 Å². The minimum atomic E-state index is 0.335. The first-order chi connectivity index (χ1) is 11.7. The van der Waals surface area contributed by atoms with Gasteiger partial charge >= 0.3 is 0 Å². The standard InChI is InChI=1S/C20H24N2O2/c1-23-18-7-4-15(12-19(18)24-2)17-6-5-16(13-21-17)20-8-3-10-22(14-20)11-9-20/h4-7,12-13H,3,8-11,14H2,1-2H3. The number of nitrogens with zero attached hydrogens (tertiary/aromatic N) is 2. The summed E-state index contributed by atoms with van der Waals surface area (Å²) in [7, 11) is 3.31. The second-order valence-electron chi connectivity index (χ2n) is 6.91. The zero-order valence-electron chi connectivity index (χ0n) is 14.4. The Balaban J connectivity index is 1.62. The highest BCUT2D eigenvalue weighted by Crippen LogP contribution is 2.42. The number of aromatic nitrogens is 1. The predicted molar refractivity (Wildman–Crippen MR) is 94.7 cm³/mol. The topological polar surface area (TPSA) is 34.6 Å². The largest absolute Gasteiger partial charge is 0.493 e. The minimum absolute atomic E-state index is 0.335. The van der Waals surface area contributed by atoms with Crippen molar-refractivity contribution in [3.63, 3.8) is 0 Å². The monoisotopic (exact) mass is 324 g/mol. The maximum Gasteiger partial charge on any atom is 0.161 e. The van der Waals surface area contributed by atoms with Crippen LogP contribution in [0, 0.1) is 0 Å². The van der Waals surface area contributed by atoms with Crippen molar-refractivity contribution in [1.82, 2.24) is 9.88 Å². The molecule has 0 saturated carbocycles. The summed E-state index contributed by atoms with van der Waals surface area (Å²) in [6.07, 6.45) is 5.95. The predicted octanol–water partition coefficient (Wildman–Crippen LogP) is 3.50. The van der Waals surface area contributed by atoms with Crippen LogP contribution >= 0.6 is 0 Å². The third-order valence-electron chi connectivity index (χ3n) is 5.62. The number of hydrogen-bond donors (Lipinski definition) is 0. The van der Waals surface area contributed by atoms with Gasteiger partial charge in [0.2, 0.25) is 0 Å². The molecule has 4 rings (SSSR count). The average Bonchev–Trinajstić information content (AvgIpc) is 2.96. The van der Waals surface area contributed by atoms with E-state index in [1.807, 2.05) is 18.2 Å². The van der Waals surface area contributed by atoms with Crippen molar-refractivity contribution >= 4 is 0 Å². The SMILES string of the molecule is COc1ccc(-c2ccc(C34CCCN(CC3)C4)cn2)cc1OC. The van der Waals surface area contributed by atoms with Gasteiger partial charge in [-0.25, -0.2) is 0 Å². The Bertz CT molecular complexity index is 725. The van der Waals surface area contributed by atoms with Gasteiger partial charge in [0.05, 0.1) is 19.9 Å². The van der Waals surface area contributed by atoms with Crippen LogP contribution in [0.2, 0.25) is 0 Å². The summed E-state index contributed by atoms with van der Waals surface area (Å²) in [5, 5.41) is 0. The summed E-state index contributed by atoms with van der Waals surface area (Å²) in [6, 6.07) is 10.4. The Morgan fingerprint density at radius 3 is 2.62 bits per heavy atom. The molecule has 0 amide bonds. The molecule has 24 heavy (non-hydrogen) atoms. The molecule has 4 heteroatoms. The van der Waals surface area contributed by atoms with Crippen molar-refractivity contribution in [3.05, 3.63) is 42.1 Å². The smallest absolute Gasteiger partial charge is 0.161 e. The second kappa shape index (κ2) is 6.10. The Labute approximate surface area is 143 Å². The van der Waals surface area contributed by atoms with Gasteiger partial charge in [-0.3, -0.25) is 4.98 Å². The van der Waals surface area contributed by atoms with Gasteiger partial charge in [-0.05, 0) is 62.2 Å². The van der Waals surface area contributed by atoms with E-state index in [9.17, 15) is 0 Å². The number of methoxy groups -OCH3 is 2. The summed E-state index contributed by atoms with van der Waals surface area (Å²) in [6.45, 7) is 3.70. The van der Waals surface area contributed by atoms with Gasteiger partial charge in [-0.2, -0.15) is 0 Å². The highest BCUT2D eigenvalue weighted by atomic mass is 16.5. The molecule has 0 N–H and O–H groups in total. The molecule has 2 aliphatic heterocycles. The molecule has 0 radical (unpaired) electrons. The van der Waals surface area contributed by atoms with Gasteiger partial charge in [0.1, 0.15) is 0 Å². The van der Waals surface area contributed by atoms with Crippen molar-refractivity contribution in [1.29, 1.82) is 0 Å². The number of fused-ring (bicyclic) bond motifs is 2. The molecule has 0 spiro atoms. The summed E-state index contributed by atoms with van der Waals surface area (Å²) >= 11 is 0. The highest BCUT2D eigenvalue weighted by Gasteiger charge is 2.42. The number of benzene rings is 1. The summed E-state index contributed by atoms with van der Waals surface area (Å²) < 4.78 is 10.7. The summed E-state index contributed by atoms with van der Waals surface area (Å²) in [5.41, 5.74) is 3.76. The van der Waals surface area contributed by atoms with Crippen LogP contribution in [-0.4, -0.2) is 43.7 Å². The van der Waals surface area contributed by atoms with E-state index in [2.05, 4.69) is 23.2 Å². The van der Waals surface area contributed by atoms with Crippen LogP contribution in [-0.2, 0) is 5.41 Å². The van der Waals surface area contributed by atoms with Crippen molar-refractivity contribution in [2.75, 3.05) is 33.9 Å². The first-order valence-electron chi connectivity index (χ1n) is 8.65. The number of rotatable bonds is 4. The molecule has 4 nitrogen and oxygen atoms in total. The molecule has 1 aromatic carbocycles. The van der Waals surface area contributed by atoms with Crippen molar-refractivity contribution in [2.24, 2.45) is 0 Å². The highest BCUT2D eigenvalue weighted by molar-refractivity contribution is 5.64. The van der Waals surface area contributed by atoms with E-state index in [-0.39, 0.29) is 0 Å². The van der Waals surface area contributed by atoms with Gasteiger partial charge in [0.25, 0.3) is 0 Å². The molecule has 2 fully saturated rings. The molecule has 126 valence electrons. The van der Waals surface area contributed by atoms with Crippen LogP contribution in [0.3, 0.4) is 0 Å². The number of hydrogen-bond acceptors (Lipinski definition) is 4. The van der Waals surface area contributed by atoms with Crippen molar-refractivity contribution < 1.29 is 9.47 Å². The van der Waals surface area contributed by atoms with E-state index in [0.717, 1.165) is 22.8 Å². The molecule has 2 saturated heterocycles. The van der Waals surface area contributed by atoms with Gasteiger partial charge in [-0.1, -0.05) is 6.07 Å². The van der Waals surface area contributed by atoms with E-state index in [4.69, 9.17) is 14.5 Å². The molecule has 2 aromatic rings. The normalized spacial score (nSPS) is 25.5. The van der Waals surface area contributed by atoms with Gasteiger partial charge < -0.3 is 14.4 Å². The van der Waals surface area contributed by atoms with E-state index in [1.54, 1.807) is 14.2 Å². The van der Waals surface area contributed by atoms with Crippen LogP contribution in [0.15, 0.2) is 36.5 Å². The maximum absolute atomic E-state index is 5.40. The van der Waals surface area contributed by atoms with Crippen molar-refractivity contribution in [3.8, 4) is 22.8 Å². The van der Waals surface area contributed by atoms with Crippen LogP contribution in [0.1, 0.15) is 24.8 Å². The Morgan fingerprint density at radius 1 is 1.00 bits per heavy atom. The maximum atomic E-state index is 5.40. The fraction of sp³-hybridized carbons (Fsp3) is 0.450. The first-order valence-corrected chi connectivity index (χ1v) is 8.65. The zero-order valence-corrected chi connectivity index (χ0v) is 14.4. The molecule has 0 aliphatic carbocycles. The Hall–Kier alpha value is -2.07. The molecule has 1 aromatic heterocycles. The summed E-state index contributed by atoms with van der Waals surface area (Å²) in [5.74, 6) is 1.48. The van der Waals surface area contributed by atoms with Crippen LogP contribution in [0.25, 0.3) is 11.3 Å². The molecule has 2 atom stereocenters. The lowest BCUT2D eigenvalue weighted by Crippen LogP contribution is -2.36. The number of pyridine rings is 1. The lowest BCUT2D eigenvalue weighted by molar-refractivity contribution is 0.243. The lowest BCUT2D eigenvalue weighted by atomic mass is 9.75. The minimum Gasteiger partial charge on any atom is -0.493 e. The third kappa shape index (κ3) is 2.55. The van der Waals surface area contributed by atoms with Gasteiger partial charge in [0, 0.05) is 23.7 Å². The summed E-state index contributed by atoms with van der Waals surface area (Å²) in [4.78, 5) is 7.34. The van der Waals surface area contributed by atoms with E-state index >= 15 is 0 Å². The Kier molecular flexibility index (Phi) is 3.93.